The molecule has 1 aromatic rings. The van der Waals surface area contributed by atoms with E-state index in [2.05, 4.69) is 6.92 Å². The Labute approximate surface area is 287 Å². The number of hydrogen-bond donors (Lipinski definition) is 1. The monoisotopic (exact) mass is 676 g/mol. The molecule has 0 amide bonds. The molecule has 0 radical (unpaired) electrons. The molecule has 48 heavy (non-hydrogen) atoms. The Morgan fingerprint density at radius 3 is 2.21 bits per heavy atom. The smallest absolute Gasteiger partial charge is 0.306 e. The summed E-state index contributed by atoms with van der Waals surface area (Å²) in [6, 6.07) is 9.75. The molecule has 0 spiro atoms. The first-order valence-electron chi connectivity index (χ1n) is 18.7. The summed E-state index contributed by atoms with van der Waals surface area (Å²) in [7, 11) is 0. The zero-order valence-electron chi connectivity index (χ0n) is 29.8. The number of hydrogen-bond acceptors (Lipinski definition) is 10. The predicted octanol–water partition coefficient (Wildman–Crippen LogP) is 6.73. The molecule has 6 unspecified atom stereocenters. The Balaban J connectivity index is 1.37. The average Bonchev–Trinajstić information content (AvgIpc) is 3.38. The number of carbonyl (C=O) groups excluding carboxylic acids is 1. The van der Waals surface area contributed by atoms with Crippen LogP contribution in [0.4, 0.5) is 0 Å². The molecule has 1 N–H and O–H groups in total. The van der Waals surface area contributed by atoms with Crippen LogP contribution >= 0.6 is 0 Å². The van der Waals surface area contributed by atoms with Crippen molar-refractivity contribution >= 4 is 5.97 Å². The van der Waals surface area contributed by atoms with Crippen LogP contribution in [0.1, 0.15) is 124 Å². The van der Waals surface area contributed by atoms with Gasteiger partial charge in [0, 0.05) is 6.42 Å². The number of esters is 1. The lowest BCUT2D eigenvalue weighted by Gasteiger charge is -2.47. The van der Waals surface area contributed by atoms with E-state index in [0.717, 1.165) is 76.2 Å². The van der Waals surface area contributed by atoms with E-state index in [4.69, 9.17) is 37.9 Å². The largest absolute Gasteiger partial charge is 0.454 e. The number of carbonyl (C=O) groups is 1. The van der Waals surface area contributed by atoms with Crippen molar-refractivity contribution in [3.63, 3.8) is 0 Å². The highest BCUT2D eigenvalue weighted by molar-refractivity contribution is 5.69. The Hall–Kier alpha value is -1.63. The van der Waals surface area contributed by atoms with Crippen LogP contribution in [0.15, 0.2) is 30.3 Å². The summed E-state index contributed by atoms with van der Waals surface area (Å²) < 4.78 is 51.4. The number of aliphatic hydroxyl groups is 1. The molecule has 4 aliphatic heterocycles. The number of benzene rings is 1. The number of aliphatic hydroxyl groups excluding tert-OH is 1. The fourth-order valence-electron chi connectivity index (χ4n) is 7.42. The van der Waals surface area contributed by atoms with E-state index < -0.39 is 73.2 Å². The van der Waals surface area contributed by atoms with E-state index in [0.29, 0.717) is 0 Å². The highest BCUT2D eigenvalue weighted by Crippen LogP contribution is 2.41. The average molecular weight is 677 g/mol. The molecule has 0 aromatic heterocycles. The van der Waals surface area contributed by atoms with E-state index in [9.17, 15) is 9.90 Å². The van der Waals surface area contributed by atoms with Crippen molar-refractivity contribution in [2.24, 2.45) is 0 Å². The lowest BCUT2D eigenvalue weighted by Crippen LogP contribution is -2.63. The zero-order valence-corrected chi connectivity index (χ0v) is 29.8. The summed E-state index contributed by atoms with van der Waals surface area (Å²) in [5.41, 5.74) is 0.966. The predicted molar refractivity (Wildman–Crippen MR) is 179 cm³/mol. The summed E-state index contributed by atoms with van der Waals surface area (Å²) in [5, 5.41) is 11.7. The molecule has 1 aromatic carbocycles. The van der Waals surface area contributed by atoms with Gasteiger partial charge in [-0.2, -0.15) is 0 Å². The summed E-state index contributed by atoms with van der Waals surface area (Å²) in [5.74, 6) is -1.28. The third-order valence-corrected chi connectivity index (χ3v) is 10.0. The van der Waals surface area contributed by atoms with Gasteiger partial charge in [0.25, 0.3) is 0 Å². The van der Waals surface area contributed by atoms with Crippen molar-refractivity contribution in [3.8, 4) is 0 Å². The summed E-state index contributed by atoms with van der Waals surface area (Å²) in [6.45, 7) is 10.0. The fraction of sp³-hybridized carbons (Fsp3) is 0.816. The van der Waals surface area contributed by atoms with Gasteiger partial charge in [0.15, 0.2) is 24.5 Å². The van der Waals surface area contributed by atoms with Gasteiger partial charge in [0.1, 0.15) is 30.5 Å². The van der Waals surface area contributed by atoms with Crippen LogP contribution in [-0.4, -0.2) is 84.4 Å². The van der Waals surface area contributed by atoms with Crippen LogP contribution < -0.4 is 0 Å². The van der Waals surface area contributed by atoms with Crippen LogP contribution in [0.5, 0.6) is 0 Å². The van der Waals surface area contributed by atoms with Gasteiger partial charge in [-0.3, -0.25) is 4.79 Å². The molecular formula is C38H60O10. The van der Waals surface area contributed by atoms with Gasteiger partial charge in [-0.1, -0.05) is 95.0 Å². The van der Waals surface area contributed by atoms with Crippen LogP contribution in [0.3, 0.4) is 0 Å². The molecule has 4 heterocycles. The summed E-state index contributed by atoms with van der Waals surface area (Å²) in [4.78, 5) is 13.2. The molecule has 4 aliphatic rings. The normalized spacial score (nSPS) is 38.5. The maximum absolute atomic E-state index is 13.2. The SMILES string of the molecule is CCCCC[C@H]1CCCCCCCCCC(=O)OC2C(O)[C@@H](OCc3ccccc3)C(C)O[C@H]2O[C@H]2C(C)O[C@@H](O1)C1OC(C)(C)OC12. The topological polar surface area (TPSA) is 111 Å². The second-order valence-corrected chi connectivity index (χ2v) is 14.6. The molecule has 272 valence electrons. The molecule has 4 fully saturated rings. The standard InChI is InChI=1S/C38H60O10/c1-6-7-14-21-28-22-17-11-9-8-10-12-18-23-29(39)45-33-30(40)31(41-24-27-19-15-13-16-20-27)25(2)42-36(33)46-32-26(3)43-37(44-28)35-34(32)47-38(4,5)48-35/h13,15-16,19-20,25-26,28,30-37,40H,6-12,14,17-18,21-24H2,1-5H3/t25?,26?,28-,30?,31-,32-,33?,34?,35?,36-,37-/m0/s1. The van der Waals surface area contributed by atoms with Crippen molar-refractivity contribution in [1.82, 2.24) is 0 Å². The lowest BCUT2D eigenvalue weighted by molar-refractivity contribution is -0.349. The molecule has 0 aliphatic carbocycles. The molecule has 11 atom stereocenters. The van der Waals surface area contributed by atoms with Crippen molar-refractivity contribution in [3.05, 3.63) is 35.9 Å². The Morgan fingerprint density at radius 2 is 1.46 bits per heavy atom. The van der Waals surface area contributed by atoms with E-state index in [-0.39, 0.29) is 19.1 Å². The van der Waals surface area contributed by atoms with Crippen molar-refractivity contribution in [2.45, 2.75) is 198 Å². The minimum atomic E-state index is -1.18. The van der Waals surface area contributed by atoms with Crippen molar-refractivity contribution < 1.29 is 47.8 Å². The molecule has 4 saturated heterocycles. The second kappa shape index (κ2) is 18.0. The van der Waals surface area contributed by atoms with Gasteiger partial charge in [-0.25, -0.2) is 0 Å². The lowest BCUT2D eigenvalue weighted by atomic mass is 9.97. The minimum absolute atomic E-state index is 0.0686. The minimum Gasteiger partial charge on any atom is -0.454 e. The Bertz CT molecular complexity index is 1100. The van der Waals surface area contributed by atoms with Crippen LogP contribution in [-0.2, 0) is 49.3 Å². The van der Waals surface area contributed by atoms with Gasteiger partial charge >= 0.3 is 5.97 Å². The van der Waals surface area contributed by atoms with Gasteiger partial charge < -0.3 is 43.0 Å². The fourth-order valence-corrected chi connectivity index (χ4v) is 7.42. The Morgan fingerprint density at radius 1 is 0.792 bits per heavy atom. The van der Waals surface area contributed by atoms with Crippen molar-refractivity contribution in [2.75, 3.05) is 0 Å². The summed E-state index contributed by atoms with van der Waals surface area (Å²) >= 11 is 0. The second-order valence-electron chi connectivity index (χ2n) is 14.6. The Kier molecular flexibility index (Phi) is 14.1. The van der Waals surface area contributed by atoms with E-state index >= 15 is 0 Å². The quantitative estimate of drug-likeness (QED) is 0.247. The molecule has 0 saturated carbocycles. The molecule has 5 rings (SSSR count). The third kappa shape index (κ3) is 10.2. The zero-order chi connectivity index (χ0) is 34.1. The number of unbranched alkanes of at least 4 members (excludes halogenated alkanes) is 2. The van der Waals surface area contributed by atoms with Gasteiger partial charge in [-0.15, -0.1) is 0 Å². The summed E-state index contributed by atoms with van der Waals surface area (Å²) in [6.07, 6.45) is 5.57. The van der Waals surface area contributed by atoms with E-state index in [1.54, 1.807) is 0 Å². The molecular weight excluding hydrogens is 616 g/mol. The number of ether oxygens (including phenoxy) is 8. The maximum Gasteiger partial charge on any atom is 0.306 e. The van der Waals surface area contributed by atoms with Gasteiger partial charge in [-0.05, 0) is 52.5 Å². The van der Waals surface area contributed by atoms with Crippen LogP contribution in [0.2, 0.25) is 0 Å². The van der Waals surface area contributed by atoms with E-state index in [1.165, 1.54) is 6.42 Å². The van der Waals surface area contributed by atoms with Gasteiger partial charge in [0.05, 0.1) is 24.9 Å². The highest BCUT2D eigenvalue weighted by atomic mass is 16.8. The van der Waals surface area contributed by atoms with Crippen LogP contribution in [0.25, 0.3) is 0 Å². The van der Waals surface area contributed by atoms with E-state index in [1.807, 2.05) is 58.0 Å². The molecule has 10 heteroatoms. The first-order valence-corrected chi connectivity index (χ1v) is 18.7. The molecule has 10 nitrogen and oxygen atoms in total. The first-order chi connectivity index (χ1) is 23.1. The number of rotatable bonds is 7. The maximum atomic E-state index is 13.2. The van der Waals surface area contributed by atoms with Crippen molar-refractivity contribution in [1.29, 1.82) is 0 Å². The molecule has 2 bridgehead atoms. The highest BCUT2D eigenvalue weighted by Gasteiger charge is 2.58. The third-order valence-electron chi connectivity index (χ3n) is 10.0. The van der Waals surface area contributed by atoms with Crippen LogP contribution in [0, 0.1) is 0 Å². The first kappa shape index (κ1) is 37.6. The number of fused-ring (bicyclic) bond motifs is 7. The van der Waals surface area contributed by atoms with Gasteiger partial charge in [0.2, 0.25) is 0 Å².